The summed E-state index contributed by atoms with van der Waals surface area (Å²) in [7, 11) is 0. The monoisotopic (exact) mass is 2120 g/mol. The maximum Gasteiger partial charge on any atom is 0.347 e. The summed E-state index contributed by atoms with van der Waals surface area (Å²) in [5.41, 5.74) is -6.32. The van der Waals surface area contributed by atoms with Crippen molar-refractivity contribution in [2.45, 2.75) is 347 Å². The fourth-order valence-electron chi connectivity index (χ4n) is 9.62. The molecule has 0 aliphatic heterocycles. The summed E-state index contributed by atoms with van der Waals surface area (Å²) in [6.07, 6.45) is -42.8. The van der Waals surface area contributed by atoms with Crippen molar-refractivity contribution in [3.8, 4) is 0 Å². The molecule has 0 aromatic carbocycles. The van der Waals surface area contributed by atoms with Crippen LogP contribution in [0.2, 0.25) is 0 Å². The van der Waals surface area contributed by atoms with Crippen molar-refractivity contribution in [3.05, 3.63) is 0 Å². The lowest BCUT2D eigenvalue weighted by Gasteiger charge is -2.35. The lowest BCUT2D eigenvalue weighted by molar-refractivity contribution is -0.190. The van der Waals surface area contributed by atoms with E-state index in [0.29, 0.717) is 0 Å². The van der Waals surface area contributed by atoms with E-state index in [2.05, 4.69) is 9.47 Å². The van der Waals surface area contributed by atoms with E-state index in [1.807, 2.05) is 0 Å². The largest absolute Gasteiger partial charge is 0.464 e. The number of aliphatic hydroxyl groups excluding tert-OH is 4. The fraction of sp³-hybridized carbons (Fsp3) is 0.711. The minimum absolute atomic E-state index is 0.0567. The SMILES string of the molecule is CCOCC(CC)(COC(=O)C(C)(COC(=O)C(C)OC(=O)C(C)O)COC(=O)C(C)OC(=O)C(C)OC(=O)C(C)OC(=O)C(C)OC(=O)C(C)OC(=O)C(C)OC(=O)C(C)OC(=O)C(C)OC(=O)C(C)OC(=O)C(C)O)COC(=O)C(C)(COC(=O)C(C)OC(=O)C(C)O)COC(=O)C(C)OC(=O)C(C)OC(=O)C(C)OC(=O)C(C)OC(=O)C(C)OC(=O)C(C)OC(=O)C(C)OC(=O)C(C)OC(=O)C(C)OC(=O)C(C)O. The van der Waals surface area contributed by atoms with Crippen molar-refractivity contribution in [1.29, 1.82) is 0 Å². The number of ether oxygens (including phenoxy) is 27. The first-order valence-electron chi connectivity index (χ1n) is 45.2. The second-order valence-corrected chi connectivity index (χ2v) is 33.5. The van der Waals surface area contributed by atoms with Crippen LogP contribution in [-0.2, 0) is 253 Å². The van der Waals surface area contributed by atoms with E-state index in [9.17, 15) is 145 Å². The molecule has 0 rings (SSSR count). The molecule has 0 spiro atoms. The van der Waals surface area contributed by atoms with Crippen LogP contribution in [0.3, 0.4) is 0 Å². The normalized spacial score (nSPS) is 17.2. The van der Waals surface area contributed by atoms with Crippen LogP contribution in [0, 0.1) is 16.2 Å². The molecule has 4 N–H and O–H groups in total. The third-order valence-corrected chi connectivity index (χ3v) is 19.4. The van der Waals surface area contributed by atoms with Gasteiger partial charge in [-0.15, -0.1) is 0 Å². The van der Waals surface area contributed by atoms with Gasteiger partial charge in [0.05, 0.1) is 12.0 Å². The Morgan fingerprint density at radius 3 is 0.395 bits per heavy atom. The van der Waals surface area contributed by atoms with Crippen molar-refractivity contribution in [1.82, 2.24) is 0 Å². The summed E-state index contributed by atoms with van der Waals surface area (Å²) in [6, 6.07) is 0. The predicted molar refractivity (Wildman–Crippen MR) is 469 cm³/mol. The Morgan fingerprint density at radius 1 is 0.170 bits per heavy atom. The molecule has 0 saturated carbocycles. The van der Waals surface area contributed by atoms with Gasteiger partial charge in [-0.2, -0.15) is 0 Å². The van der Waals surface area contributed by atoms with Gasteiger partial charge in [-0.25, -0.2) is 115 Å². The predicted octanol–water partition coefficient (Wildman–Crippen LogP) is -2.15. The third-order valence-electron chi connectivity index (χ3n) is 19.4. The summed E-state index contributed by atoms with van der Waals surface area (Å²) in [4.78, 5) is 335. The number of carbonyl (C=O) groups is 26. The molecule has 26 atom stereocenters. The van der Waals surface area contributed by atoms with Gasteiger partial charge in [-0.1, -0.05) is 6.92 Å². The van der Waals surface area contributed by atoms with Gasteiger partial charge < -0.3 is 148 Å². The van der Waals surface area contributed by atoms with Gasteiger partial charge in [0, 0.05) is 6.61 Å². The molecule has 0 radical (unpaired) electrons. The van der Waals surface area contributed by atoms with E-state index in [1.165, 1.54) is 13.8 Å². The van der Waals surface area contributed by atoms with Crippen LogP contribution in [0.1, 0.15) is 200 Å². The van der Waals surface area contributed by atoms with E-state index in [-0.39, 0.29) is 13.0 Å². The molecule has 0 bridgehead atoms. The van der Waals surface area contributed by atoms with Crippen LogP contribution in [0.15, 0.2) is 0 Å². The Hall–Kier alpha value is -14.0. The van der Waals surface area contributed by atoms with Crippen molar-refractivity contribution in [2.75, 3.05) is 52.9 Å². The van der Waals surface area contributed by atoms with Crippen molar-refractivity contribution in [3.63, 3.8) is 0 Å². The lowest BCUT2D eigenvalue weighted by atomic mass is 9.87. The zero-order valence-corrected chi connectivity index (χ0v) is 86.1. The highest BCUT2D eigenvalue weighted by Gasteiger charge is 2.47. The molecule has 26 unspecified atom stereocenters. The molecule has 57 heteroatoms. The van der Waals surface area contributed by atoms with E-state index in [4.69, 9.17) is 118 Å². The first-order chi connectivity index (χ1) is 67.8. The minimum atomic E-state index is -2.34. The van der Waals surface area contributed by atoms with Gasteiger partial charge in [0.15, 0.2) is 122 Å². The molecular formula is C90H130O57. The average molecular weight is 2120 g/mol. The van der Waals surface area contributed by atoms with Crippen LogP contribution < -0.4 is 0 Å². The minimum Gasteiger partial charge on any atom is -0.464 e. The lowest BCUT2D eigenvalue weighted by Crippen LogP contribution is -2.47. The number of esters is 26. The van der Waals surface area contributed by atoms with Gasteiger partial charge in [0.25, 0.3) is 0 Å². The van der Waals surface area contributed by atoms with Crippen molar-refractivity contribution < 1.29 is 273 Å². The van der Waals surface area contributed by atoms with Gasteiger partial charge in [0.1, 0.15) is 74.9 Å². The van der Waals surface area contributed by atoms with Crippen LogP contribution in [0.4, 0.5) is 0 Å². The van der Waals surface area contributed by atoms with Crippen LogP contribution >= 0.6 is 0 Å². The molecule has 0 amide bonds. The highest BCUT2D eigenvalue weighted by molar-refractivity contribution is 5.93. The zero-order valence-electron chi connectivity index (χ0n) is 86.1. The molecule has 0 saturated heterocycles. The topological polar surface area (TPSA) is 774 Å². The smallest absolute Gasteiger partial charge is 0.347 e. The second kappa shape index (κ2) is 62.8. The van der Waals surface area contributed by atoms with Gasteiger partial charge >= 0.3 is 155 Å². The number of hydrogen-bond acceptors (Lipinski definition) is 57. The number of aliphatic hydroxyl groups is 4. The van der Waals surface area contributed by atoms with Gasteiger partial charge in [-0.05, 0) is 193 Å². The van der Waals surface area contributed by atoms with Crippen molar-refractivity contribution >= 4 is 155 Å². The molecule has 0 aliphatic rings. The highest BCUT2D eigenvalue weighted by Crippen LogP contribution is 2.31. The van der Waals surface area contributed by atoms with Gasteiger partial charge in [-0.3, -0.25) is 9.59 Å². The Balaban J connectivity index is 6.46. The molecule has 0 aromatic heterocycles. The first-order valence-corrected chi connectivity index (χ1v) is 45.2. The Morgan fingerprint density at radius 2 is 0.286 bits per heavy atom. The molecular weight excluding hydrogens is 1990 g/mol. The Bertz CT molecular complexity index is 4340. The van der Waals surface area contributed by atoms with E-state index in [0.717, 1.165) is 180 Å². The average Bonchev–Trinajstić information content (AvgIpc) is 0.814. The molecule has 0 fully saturated rings. The number of rotatable bonds is 62. The van der Waals surface area contributed by atoms with E-state index < -0.39 is 364 Å². The van der Waals surface area contributed by atoms with Crippen LogP contribution in [0.25, 0.3) is 0 Å². The molecule has 0 aromatic rings. The number of carbonyl (C=O) groups excluding carboxylic acids is 26. The van der Waals surface area contributed by atoms with E-state index in [1.54, 1.807) is 0 Å². The van der Waals surface area contributed by atoms with Crippen molar-refractivity contribution in [2.24, 2.45) is 16.2 Å². The Kier molecular flexibility index (Phi) is 56.8. The zero-order chi connectivity index (χ0) is 114. The van der Waals surface area contributed by atoms with Gasteiger partial charge in [0.2, 0.25) is 0 Å². The summed E-state index contributed by atoms with van der Waals surface area (Å²) in [5, 5.41) is 38.0. The summed E-state index contributed by atoms with van der Waals surface area (Å²) < 4.78 is 137. The highest BCUT2D eigenvalue weighted by atomic mass is 16.7. The van der Waals surface area contributed by atoms with Crippen LogP contribution in [0.5, 0.6) is 0 Å². The summed E-state index contributed by atoms with van der Waals surface area (Å²) in [6.45, 7) is 22.4. The number of hydrogen-bond donors (Lipinski definition) is 4. The maximum absolute atomic E-state index is 14.5. The quantitative estimate of drug-likeness (QED) is 0.0372. The molecule has 0 aliphatic carbocycles. The standard InChI is InChI=1S/C90H130O57/c1-29-90(35-121-30-2,36-126-86(119)88(27,31-122-66(99)42(7)128-62(95)38(3)91)33-124-68(101)44(9)132-72(105)48(13)136-76(109)52(17)140-80(113)56(21)144-84(117)60(25)146-82(115)58(23)142-78(111)54(19)138-74(107)50(15)134-70(103)46(11)130-64(97)40(5)93)37-127-87(120)89(28,32-123-67(100)43(8)129-63(96)39(4)92)34-125-69(102)45(10)133-73(106)49(14)137-77(110)53(18)141-81(114)57(22)145-85(118)61(26)147-83(116)59(24)143-79(112)55(20)139-75(108)51(16)135-71(104)47(12)131-65(98)41(6)94/h38-61,91-94H,29-37H2,1-28H3. The third kappa shape index (κ3) is 47.0. The fourth-order valence-corrected chi connectivity index (χ4v) is 9.62. The first kappa shape index (κ1) is 133. The Labute approximate surface area is 841 Å². The molecule has 0 heterocycles. The molecule has 147 heavy (non-hydrogen) atoms. The molecule has 57 nitrogen and oxygen atoms in total. The second-order valence-electron chi connectivity index (χ2n) is 33.5. The maximum atomic E-state index is 14.5. The van der Waals surface area contributed by atoms with E-state index >= 15 is 0 Å². The molecule has 832 valence electrons. The van der Waals surface area contributed by atoms with Crippen LogP contribution in [-0.4, -0.2) is 375 Å². The summed E-state index contributed by atoms with van der Waals surface area (Å²) in [5.74, 6) is -35.1. The summed E-state index contributed by atoms with van der Waals surface area (Å²) >= 11 is 0.